The standard InChI is InChI=1S/C7H10O2/c1-7(5-8)4-2-3-6(7)9/h2-3,8H,4-5H2,1H3. The van der Waals surface area contributed by atoms with Crippen molar-refractivity contribution in [2.24, 2.45) is 5.41 Å². The maximum atomic E-state index is 10.9. The van der Waals surface area contributed by atoms with Gasteiger partial charge in [0.2, 0.25) is 0 Å². The van der Waals surface area contributed by atoms with E-state index in [0.29, 0.717) is 6.42 Å². The molecule has 9 heavy (non-hydrogen) atoms. The highest BCUT2D eigenvalue weighted by Crippen LogP contribution is 2.27. The van der Waals surface area contributed by atoms with Gasteiger partial charge in [-0.05, 0) is 19.4 Å². The van der Waals surface area contributed by atoms with Crippen LogP contribution in [0.4, 0.5) is 0 Å². The molecular weight excluding hydrogens is 116 g/mol. The molecular formula is C7H10O2. The molecule has 0 aromatic heterocycles. The van der Waals surface area contributed by atoms with Crippen molar-refractivity contribution in [2.75, 3.05) is 6.61 Å². The molecule has 0 heterocycles. The first kappa shape index (κ1) is 6.49. The predicted molar refractivity (Wildman–Crippen MR) is 34.0 cm³/mol. The highest BCUT2D eigenvalue weighted by atomic mass is 16.3. The van der Waals surface area contributed by atoms with E-state index in [9.17, 15) is 4.79 Å². The summed E-state index contributed by atoms with van der Waals surface area (Å²) in [6.07, 6.45) is 4.02. The molecule has 0 spiro atoms. The van der Waals surface area contributed by atoms with Crippen molar-refractivity contribution in [3.05, 3.63) is 12.2 Å². The predicted octanol–water partition coefficient (Wildman–Crippen LogP) is 0.514. The highest BCUT2D eigenvalue weighted by Gasteiger charge is 2.32. The Kier molecular flexibility index (Phi) is 1.41. The Balaban J connectivity index is 2.74. The number of allylic oxidation sites excluding steroid dienone is 2. The number of ketones is 1. The minimum Gasteiger partial charge on any atom is -0.395 e. The van der Waals surface area contributed by atoms with Gasteiger partial charge in [0.25, 0.3) is 0 Å². The third-order valence-corrected chi connectivity index (χ3v) is 1.78. The first-order valence-electron chi connectivity index (χ1n) is 3.01. The summed E-state index contributed by atoms with van der Waals surface area (Å²) < 4.78 is 0. The molecule has 0 saturated carbocycles. The summed E-state index contributed by atoms with van der Waals surface area (Å²) in [6, 6.07) is 0. The molecule has 0 fully saturated rings. The molecule has 1 aliphatic carbocycles. The summed E-state index contributed by atoms with van der Waals surface area (Å²) in [6.45, 7) is 1.73. The normalized spacial score (nSPS) is 33.8. The summed E-state index contributed by atoms with van der Waals surface area (Å²) in [5.74, 6) is 0.0463. The SMILES string of the molecule is CC1(CO)CC=CC1=O. The Morgan fingerprint density at radius 2 is 2.56 bits per heavy atom. The van der Waals surface area contributed by atoms with E-state index in [-0.39, 0.29) is 12.4 Å². The molecule has 0 aliphatic heterocycles. The molecule has 2 nitrogen and oxygen atoms in total. The zero-order chi connectivity index (χ0) is 6.91. The Bertz CT molecular complexity index is 160. The number of rotatable bonds is 1. The average molecular weight is 126 g/mol. The second-order valence-electron chi connectivity index (χ2n) is 2.69. The van der Waals surface area contributed by atoms with Crippen LogP contribution in [0.1, 0.15) is 13.3 Å². The van der Waals surface area contributed by atoms with E-state index in [0.717, 1.165) is 0 Å². The van der Waals surface area contributed by atoms with E-state index in [2.05, 4.69) is 0 Å². The molecule has 50 valence electrons. The van der Waals surface area contributed by atoms with Crippen molar-refractivity contribution in [3.63, 3.8) is 0 Å². The summed E-state index contributed by atoms with van der Waals surface area (Å²) in [7, 11) is 0. The molecule has 0 bridgehead atoms. The van der Waals surface area contributed by atoms with E-state index >= 15 is 0 Å². The summed E-state index contributed by atoms with van der Waals surface area (Å²) >= 11 is 0. The van der Waals surface area contributed by atoms with Crippen LogP contribution in [0, 0.1) is 5.41 Å². The van der Waals surface area contributed by atoms with Crippen molar-refractivity contribution in [1.29, 1.82) is 0 Å². The minimum atomic E-state index is -0.500. The lowest BCUT2D eigenvalue weighted by Crippen LogP contribution is -2.26. The number of aliphatic hydroxyl groups is 1. The zero-order valence-corrected chi connectivity index (χ0v) is 5.42. The van der Waals surface area contributed by atoms with Gasteiger partial charge >= 0.3 is 0 Å². The van der Waals surface area contributed by atoms with Crippen molar-refractivity contribution in [2.45, 2.75) is 13.3 Å². The molecule has 0 saturated heterocycles. The van der Waals surface area contributed by atoms with Crippen molar-refractivity contribution >= 4 is 5.78 Å². The first-order valence-corrected chi connectivity index (χ1v) is 3.01. The van der Waals surface area contributed by atoms with Gasteiger partial charge in [-0.2, -0.15) is 0 Å². The smallest absolute Gasteiger partial charge is 0.163 e. The number of hydrogen-bond acceptors (Lipinski definition) is 2. The van der Waals surface area contributed by atoms with Gasteiger partial charge in [0, 0.05) is 0 Å². The van der Waals surface area contributed by atoms with Gasteiger partial charge in [-0.3, -0.25) is 4.79 Å². The molecule has 1 aliphatic rings. The van der Waals surface area contributed by atoms with Crippen LogP contribution in [0.3, 0.4) is 0 Å². The molecule has 1 unspecified atom stereocenters. The molecule has 0 radical (unpaired) electrons. The van der Waals surface area contributed by atoms with Crippen LogP contribution in [0.25, 0.3) is 0 Å². The van der Waals surface area contributed by atoms with Gasteiger partial charge in [-0.25, -0.2) is 0 Å². The van der Waals surface area contributed by atoms with Crippen LogP contribution >= 0.6 is 0 Å². The van der Waals surface area contributed by atoms with Crippen molar-refractivity contribution < 1.29 is 9.90 Å². The molecule has 1 atom stereocenters. The van der Waals surface area contributed by atoms with Crippen LogP contribution in [-0.2, 0) is 4.79 Å². The Morgan fingerprint density at radius 3 is 2.78 bits per heavy atom. The first-order chi connectivity index (χ1) is 4.19. The number of carbonyl (C=O) groups excluding carboxylic acids is 1. The molecule has 1 N–H and O–H groups in total. The van der Waals surface area contributed by atoms with E-state index in [1.165, 1.54) is 6.08 Å². The van der Waals surface area contributed by atoms with E-state index in [1.807, 2.05) is 0 Å². The van der Waals surface area contributed by atoms with Gasteiger partial charge < -0.3 is 5.11 Å². The van der Waals surface area contributed by atoms with Crippen molar-refractivity contribution in [1.82, 2.24) is 0 Å². The third-order valence-electron chi connectivity index (χ3n) is 1.78. The molecule has 0 aromatic carbocycles. The van der Waals surface area contributed by atoms with Crippen LogP contribution in [-0.4, -0.2) is 17.5 Å². The van der Waals surface area contributed by atoms with Gasteiger partial charge in [0.15, 0.2) is 5.78 Å². The Hall–Kier alpha value is -0.630. The summed E-state index contributed by atoms with van der Waals surface area (Å²) in [4.78, 5) is 10.9. The van der Waals surface area contributed by atoms with E-state index in [1.54, 1.807) is 13.0 Å². The fourth-order valence-corrected chi connectivity index (χ4v) is 0.870. The van der Waals surface area contributed by atoms with Crippen LogP contribution in [0.2, 0.25) is 0 Å². The topological polar surface area (TPSA) is 37.3 Å². The lowest BCUT2D eigenvalue weighted by atomic mass is 9.88. The fraction of sp³-hybridized carbons (Fsp3) is 0.571. The largest absolute Gasteiger partial charge is 0.395 e. The monoisotopic (exact) mass is 126 g/mol. The number of aliphatic hydroxyl groups excluding tert-OH is 1. The number of carbonyl (C=O) groups is 1. The van der Waals surface area contributed by atoms with Crippen LogP contribution in [0.5, 0.6) is 0 Å². The maximum absolute atomic E-state index is 10.9. The number of hydrogen-bond donors (Lipinski definition) is 1. The molecule has 2 heteroatoms. The molecule has 1 rings (SSSR count). The van der Waals surface area contributed by atoms with Gasteiger partial charge in [0.05, 0.1) is 12.0 Å². The highest BCUT2D eigenvalue weighted by molar-refractivity contribution is 5.97. The lowest BCUT2D eigenvalue weighted by molar-refractivity contribution is -0.123. The van der Waals surface area contributed by atoms with Gasteiger partial charge in [-0.15, -0.1) is 0 Å². The second kappa shape index (κ2) is 1.95. The zero-order valence-electron chi connectivity index (χ0n) is 5.42. The Labute approximate surface area is 54.2 Å². The van der Waals surface area contributed by atoms with Crippen molar-refractivity contribution in [3.8, 4) is 0 Å². The molecule has 0 aromatic rings. The average Bonchev–Trinajstić information content (AvgIpc) is 2.15. The minimum absolute atomic E-state index is 0.0428. The van der Waals surface area contributed by atoms with Gasteiger partial charge in [-0.1, -0.05) is 6.08 Å². The fourth-order valence-electron chi connectivity index (χ4n) is 0.870. The van der Waals surface area contributed by atoms with Crippen LogP contribution < -0.4 is 0 Å². The van der Waals surface area contributed by atoms with Crippen LogP contribution in [0.15, 0.2) is 12.2 Å². The van der Waals surface area contributed by atoms with E-state index < -0.39 is 5.41 Å². The summed E-state index contributed by atoms with van der Waals surface area (Å²) in [5.41, 5.74) is -0.500. The van der Waals surface area contributed by atoms with Gasteiger partial charge in [0.1, 0.15) is 0 Å². The lowest BCUT2D eigenvalue weighted by Gasteiger charge is -2.16. The summed E-state index contributed by atoms with van der Waals surface area (Å²) in [5, 5.41) is 8.73. The quantitative estimate of drug-likeness (QED) is 0.556. The van der Waals surface area contributed by atoms with E-state index in [4.69, 9.17) is 5.11 Å². The Morgan fingerprint density at radius 1 is 1.89 bits per heavy atom. The third kappa shape index (κ3) is 0.900. The maximum Gasteiger partial charge on any atom is 0.163 e. The molecule has 0 amide bonds. The second-order valence-corrected chi connectivity index (χ2v) is 2.69.